The fraction of sp³-hybridized carbons (Fsp3) is 0.417. The maximum absolute atomic E-state index is 10.9. The number of nitrogens with one attached hydrogen (secondary N) is 1. The molecule has 0 heterocycles. The van der Waals surface area contributed by atoms with Crippen LogP contribution in [-0.2, 0) is 4.79 Å². The summed E-state index contributed by atoms with van der Waals surface area (Å²) in [6.07, 6.45) is 0.385. The number of benzene rings is 1. The molecule has 0 saturated heterocycles. The molecule has 0 saturated carbocycles. The van der Waals surface area contributed by atoms with Gasteiger partial charge in [0.25, 0.3) is 5.69 Å². The molecule has 0 spiro atoms. The number of nitro groups is 1. The highest BCUT2D eigenvalue weighted by molar-refractivity contribution is 5.67. The van der Waals surface area contributed by atoms with Crippen molar-refractivity contribution in [1.29, 1.82) is 0 Å². The fourth-order valence-electron chi connectivity index (χ4n) is 1.59. The van der Waals surface area contributed by atoms with Gasteiger partial charge in [0.05, 0.1) is 12.0 Å². The van der Waals surface area contributed by atoms with E-state index in [4.69, 9.17) is 9.84 Å². The molecule has 0 amide bonds. The van der Waals surface area contributed by atoms with Crippen LogP contribution < -0.4 is 10.1 Å². The van der Waals surface area contributed by atoms with E-state index in [0.29, 0.717) is 17.9 Å². The quantitative estimate of drug-likeness (QED) is 0.581. The Hall–Kier alpha value is -2.31. The van der Waals surface area contributed by atoms with E-state index >= 15 is 0 Å². The second-order valence-corrected chi connectivity index (χ2v) is 4.12. The third-order valence-corrected chi connectivity index (χ3v) is 2.59. The Bertz CT molecular complexity index is 475. The summed E-state index contributed by atoms with van der Waals surface area (Å²) in [7, 11) is 1.47. The molecule has 0 fully saturated rings. The van der Waals surface area contributed by atoms with Gasteiger partial charge in [0.15, 0.2) is 0 Å². The summed E-state index contributed by atoms with van der Waals surface area (Å²) in [6.45, 7) is 1.77. The third-order valence-electron chi connectivity index (χ3n) is 2.59. The molecule has 0 aliphatic rings. The Labute approximate surface area is 110 Å². The average molecular weight is 268 g/mol. The van der Waals surface area contributed by atoms with Crippen molar-refractivity contribution in [3.05, 3.63) is 28.3 Å². The van der Waals surface area contributed by atoms with Crippen LogP contribution in [-0.4, -0.2) is 29.2 Å². The van der Waals surface area contributed by atoms with Gasteiger partial charge in [0, 0.05) is 24.6 Å². The second-order valence-electron chi connectivity index (χ2n) is 4.12. The van der Waals surface area contributed by atoms with Gasteiger partial charge in [-0.3, -0.25) is 14.9 Å². The van der Waals surface area contributed by atoms with Crippen molar-refractivity contribution >= 4 is 17.3 Å². The van der Waals surface area contributed by atoms with Crippen molar-refractivity contribution in [3.63, 3.8) is 0 Å². The van der Waals surface area contributed by atoms with Crippen LogP contribution in [0.25, 0.3) is 0 Å². The van der Waals surface area contributed by atoms with E-state index in [1.54, 1.807) is 6.92 Å². The molecule has 0 aliphatic heterocycles. The van der Waals surface area contributed by atoms with Crippen LogP contribution in [0.4, 0.5) is 11.4 Å². The topological polar surface area (TPSA) is 102 Å². The van der Waals surface area contributed by atoms with Crippen molar-refractivity contribution in [3.8, 4) is 5.75 Å². The van der Waals surface area contributed by atoms with Crippen molar-refractivity contribution in [2.24, 2.45) is 0 Å². The number of carboxylic acid groups (broad SMARTS) is 1. The molecule has 1 unspecified atom stereocenters. The second kappa shape index (κ2) is 6.58. The van der Waals surface area contributed by atoms with Crippen LogP contribution >= 0.6 is 0 Å². The lowest BCUT2D eigenvalue weighted by molar-refractivity contribution is -0.384. The molecule has 2 N–H and O–H groups in total. The maximum Gasteiger partial charge on any atom is 0.303 e. The molecule has 19 heavy (non-hydrogen) atoms. The summed E-state index contributed by atoms with van der Waals surface area (Å²) in [5.74, 6) is -0.396. The summed E-state index contributed by atoms with van der Waals surface area (Å²) >= 11 is 0. The van der Waals surface area contributed by atoms with E-state index in [1.807, 2.05) is 0 Å². The first-order valence-electron chi connectivity index (χ1n) is 5.74. The summed E-state index contributed by atoms with van der Waals surface area (Å²) in [4.78, 5) is 20.9. The zero-order valence-electron chi connectivity index (χ0n) is 10.8. The maximum atomic E-state index is 10.9. The number of aliphatic carboxylic acids is 1. The molecule has 0 aliphatic carbocycles. The summed E-state index contributed by atoms with van der Waals surface area (Å²) < 4.78 is 5.01. The molecule has 0 bridgehead atoms. The number of ether oxygens (including phenoxy) is 1. The van der Waals surface area contributed by atoms with Crippen LogP contribution in [0.15, 0.2) is 18.2 Å². The third kappa shape index (κ3) is 4.46. The smallest absolute Gasteiger partial charge is 0.303 e. The van der Waals surface area contributed by atoms with E-state index in [-0.39, 0.29) is 18.2 Å². The molecule has 0 aromatic heterocycles. The van der Waals surface area contributed by atoms with Gasteiger partial charge in [0.2, 0.25) is 0 Å². The highest BCUT2D eigenvalue weighted by Gasteiger charge is 2.16. The number of nitro benzene ring substituents is 1. The monoisotopic (exact) mass is 268 g/mol. The predicted octanol–water partition coefficient (Wildman–Crippen LogP) is 2.27. The summed E-state index contributed by atoms with van der Waals surface area (Å²) in [5, 5.41) is 22.4. The first-order valence-corrected chi connectivity index (χ1v) is 5.74. The predicted molar refractivity (Wildman–Crippen MR) is 69.6 cm³/mol. The van der Waals surface area contributed by atoms with E-state index in [1.165, 1.54) is 25.3 Å². The Morgan fingerprint density at radius 2 is 2.26 bits per heavy atom. The molecule has 1 aromatic rings. The largest absolute Gasteiger partial charge is 0.497 e. The molecular formula is C12H16N2O5. The van der Waals surface area contributed by atoms with Crippen molar-refractivity contribution in [1.82, 2.24) is 0 Å². The van der Waals surface area contributed by atoms with Gasteiger partial charge in [-0.15, -0.1) is 0 Å². The lowest BCUT2D eigenvalue weighted by Gasteiger charge is -2.15. The fourth-order valence-corrected chi connectivity index (χ4v) is 1.59. The number of hydrogen-bond acceptors (Lipinski definition) is 5. The van der Waals surface area contributed by atoms with Crippen LogP contribution in [0.1, 0.15) is 19.8 Å². The normalized spacial score (nSPS) is 11.7. The molecule has 104 valence electrons. The first kappa shape index (κ1) is 14.7. The number of hydrogen-bond donors (Lipinski definition) is 2. The lowest BCUT2D eigenvalue weighted by atomic mass is 10.1. The minimum absolute atomic E-state index is 0.00589. The lowest BCUT2D eigenvalue weighted by Crippen LogP contribution is -2.17. The van der Waals surface area contributed by atoms with Gasteiger partial charge < -0.3 is 15.2 Å². The zero-order chi connectivity index (χ0) is 14.4. The van der Waals surface area contributed by atoms with Gasteiger partial charge in [-0.25, -0.2) is 0 Å². The van der Waals surface area contributed by atoms with Crippen LogP contribution in [0.5, 0.6) is 5.75 Å². The number of carbonyl (C=O) groups is 1. The average Bonchev–Trinajstić information content (AvgIpc) is 2.35. The number of methoxy groups -OCH3 is 1. The molecular weight excluding hydrogens is 252 g/mol. The van der Waals surface area contributed by atoms with Gasteiger partial charge in [-0.05, 0) is 19.4 Å². The van der Waals surface area contributed by atoms with Crippen molar-refractivity contribution < 1.29 is 19.6 Å². The Morgan fingerprint density at radius 1 is 1.58 bits per heavy atom. The highest BCUT2D eigenvalue weighted by Crippen LogP contribution is 2.29. The molecule has 7 nitrogen and oxygen atoms in total. The van der Waals surface area contributed by atoms with Gasteiger partial charge in [-0.2, -0.15) is 0 Å². The van der Waals surface area contributed by atoms with Gasteiger partial charge >= 0.3 is 5.97 Å². The van der Waals surface area contributed by atoms with Crippen molar-refractivity contribution in [2.75, 3.05) is 12.4 Å². The molecule has 0 radical (unpaired) electrons. The molecule has 7 heteroatoms. The Kier molecular flexibility index (Phi) is 5.11. The van der Waals surface area contributed by atoms with Crippen LogP contribution in [0.3, 0.4) is 0 Å². The van der Waals surface area contributed by atoms with Gasteiger partial charge in [-0.1, -0.05) is 0 Å². The van der Waals surface area contributed by atoms with Crippen molar-refractivity contribution in [2.45, 2.75) is 25.8 Å². The van der Waals surface area contributed by atoms with E-state index in [2.05, 4.69) is 5.32 Å². The Morgan fingerprint density at radius 3 is 2.79 bits per heavy atom. The van der Waals surface area contributed by atoms with Gasteiger partial charge in [0.1, 0.15) is 11.4 Å². The SMILES string of the molecule is COc1ccc([N+](=O)[O-])c(NC(C)CCC(=O)O)c1. The Balaban J connectivity index is 2.84. The molecule has 1 rings (SSSR count). The number of rotatable bonds is 7. The highest BCUT2D eigenvalue weighted by atomic mass is 16.6. The van der Waals surface area contributed by atoms with E-state index in [0.717, 1.165) is 0 Å². The standard InChI is InChI=1S/C12H16N2O5/c1-8(3-6-12(15)16)13-10-7-9(19-2)4-5-11(10)14(17)18/h4-5,7-8,13H,3,6H2,1-2H3,(H,15,16). The van der Waals surface area contributed by atoms with Crippen LogP contribution in [0, 0.1) is 10.1 Å². The number of anilines is 1. The number of nitrogens with zero attached hydrogens (tertiary/aromatic N) is 1. The summed E-state index contributed by atoms with van der Waals surface area (Å²) in [5.41, 5.74) is 0.255. The molecule has 1 aromatic carbocycles. The molecule has 1 atom stereocenters. The van der Waals surface area contributed by atoms with E-state index < -0.39 is 10.9 Å². The number of carboxylic acids is 1. The van der Waals surface area contributed by atoms with Crippen LogP contribution in [0.2, 0.25) is 0 Å². The minimum atomic E-state index is -0.895. The zero-order valence-corrected chi connectivity index (χ0v) is 10.8. The summed E-state index contributed by atoms with van der Waals surface area (Å²) in [6, 6.07) is 4.19. The van der Waals surface area contributed by atoms with E-state index in [9.17, 15) is 14.9 Å². The first-order chi connectivity index (χ1) is 8.93. The minimum Gasteiger partial charge on any atom is -0.497 e.